The molecule has 0 bridgehead atoms. The SMILES string of the molecule is Cc1ccc(C(=O)N2CCC(C(=O)Nc3cn[nH]c3)C2)c2ncccc12. The van der Waals surface area contributed by atoms with Crippen LogP contribution in [0.15, 0.2) is 42.9 Å². The van der Waals surface area contributed by atoms with Crippen molar-refractivity contribution in [3.05, 3.63) is 54.0 Å². The van der Waals surface area contributed by atoms with Gasteiger partial charge in [-0.1, -0.05) is 12.1 Å². The molecule has 7 nitrogen and oxygen atoms in total. The van der Waals surface area contributed by atoms with Crippen molar-refractivity contribution in [1.29, 1.82) is 0 Å². The highest BCUT2D eigenvalue weighted by atomic mass is 16.2. The van der Waals surface area contributed by atoms with Crippen molar-refractivity contribution in [2.24, 2.45) is 5.92 Å². The van der Waals surface area contributed by atoms with Crippen LogP contribution in [-0.4, -0.2) is 45.0 Å². The van der Waals surface area contributed by atoms with E-state index in [0.29, 0.717) is 36.3 Å². The molecule has 2 amide bonds. The van der Waals surface area contributed by atoms with Crippen LogP contribution >= 0.6 is 0 Å². The highest BCUT2D eigenvalue weighted by molar-refractivity contribution is 6.06. The van der Waals surface area contributed by atoms with E-state index >= 15 is 0 Å². The summed E-state index contributed by atoms with van der Waals surface area (Å²) in [5, 5.41) is 10.3. The molecule has 1 aliphatic rings. The average molecular weight is 349 g/mol. The summed E-state index contributed by atoms with van der Waals surface area (Å²) in [4.78, 5) is 31.5. The molecule has 1 saturated heterocycles. The van der Waals surface area contributed by atoms with Gasteiger partial charge in [0.15, 0.2) is 0 Å². The topological polar surface area (TPSA) is 91.0 Å². The van der Waals surface area contributed by atoms with Crippen LogP contribution in [0.3, 0.4) is 0 Å². The van der Waals surface area contributed by atoms with Crippen LogP contribution in [0.1, 0.15) is 22.3 Å². The molecule has 2 aromatic heterocycles. The van der Waals surface area contributed by atoms with E-state index in [2.05, 4.69) is 20.5 Å². The summed E-state index contributed by atoms with van der Waals surface area (Å²) in [5.41, 5.74) is 3.02. The summed E-state index contributed by atoms with van der Waals surface area (Å²) < 4.78 is 0. The number of benzene rings is 1. The second kappa shape index (κ2) is 6.59. The molecule has 2 N–H and O–H groups in total. The Balaban J connectivity index is 1.52. The number of nitrogens with zero attached hydrogens (tertiary/aromatic N) is 3. The van der Waals surface area contributed by atoms with Crippen molar-refractivity contribution in [3.63, 3.8) is 0 Å². The number of hydrogen-bond donors (Lipinski definition) is 2. The molecule has 3 aromatic rings. The number of fused-ring (bicyclic) bond motifs is 1. The molecule has 26 heavy (non-hydrogen) atoms. The maximum atomic E-state index is 13.0. The molecule has 132 valence electrons. The molecule has 1 unspecified atom stereocenters. The van der Waals surface area contributed by atoms with Crippen LogP contribution in [0.4, 0.5) is 5.69 Å². The first-order chi connectivity index (χ1) is 12.6. The van der Waals surface area contributed by atoms with Crippen LogP contribution in [0, 0.1) is 12.8 Å². The zero-order chi connectivity index (χ0) is 18.1. The number of likely N-dealkylation sites (tertiary alicyclic amines) is 1. The van der Waals surface area contributed by atoms with Crippen LogP contribution in [0.2, 0.25) is 0 Å². The van der Waals surface area contributed by atoms with E-state index in [1.807, 2.05) is 31.2 Å². The number of aryl methyl sites for hydroxylation is 1. The fraction of sp³-hybridized carbons (Fsp3) is 0.263. The first-order valence-electron chi connectivity index (χ1n) is 8.57. The van der Waals surface area contributed by atoms with Gasteiger partial charge in [-0.25, -0.2) is 0 Å². The van der Waals surface area contributed by atoms with E-state index in [1.165, 1.54) is 0 Å². The lowest BCUT2D eigenvalue weighted by atomic mass is 10.0. The van der Waals surface area contributed by atoms with Gasteiger partial charge in [-0.3, -0.25) is 19.7 Å². The van der Waals surface area contributed by atoms with Crippen molar-refractivity contribution in [3.8, 4) is 0 Å². The van der Waals surface area contributed by atoms with Crippen molar-refractivity contribution >= 4 is 28.4 Å². The summed E-state index contributed by atoms with van der Waals surface area (Å²) in [5.74, 6) is -0.389. The maximum Gasteiger partial charge on any atom is 0.256 e. The molecule has 0 aliphatic carbocycles. The molecule has 1 aliphatic heterocycles. The second-order valence-electron chi connectivity index (χ2n) is 6.54. The molecule has 1 fully saturated rings. The van der Waals surface area contributed by atoms with Crippen LogP contribution in [0.5, 0.6) is 0 Å². The Bertz CT molecular complexity index is 967. The lowest BCUT2D eigenvalue weighted by molar-refractivity contribution is -0.119. The Hall–Kier alpha value is -3.22. The molecule has 1 aromatic carbocycles. The van der Waals surface area contributed by atoms with Gasteiger partial charge in [-0.05, 0) is 31.0 Å². The van der Waals surface area contributed by atoms with Crippen molar-refractivity contribution in [1.82, 2.24) is 20.1 Å². The van der Waals surface area contributed by atoms with E-state index in [4.69, 9.17) is 0 Å². The van der Waals surface area contributed by atoms with Crippen LogP contribution < -0.4 is 5.32 Å². The van der Waals surface area contributed by atoms with Gasteiger partial charge in [0.2, 0.25) is 5.91 Å². The van der Waals surface area contributed by atoms with Gasteiger partial charge >= 0.3 is 0 Å². The van der Waals surface area contributed by atoms with Gasteiger partial charge in [-0.15, -0.1) is 0 Å². The highest BCUT2D eigenvalue weighted by Gasteiger charge is 2.32. The standard InChI is InChI=1S/C19H19N5O2/c1-12-4-5-16(17-15(12)3-2-7-20-17)19(26)24-8-6-13(11-24)18(25)23-14-9-21-22-10-14/h2-5,7,9-10,13H,6,8,11H2,1H3,(H,21,22)(H,23,25). The average Bonchev–Trinajstić information content (AvgIpc) is 3.34. The molecule has 7 heteroatoms. The van der Waals surface area contributed by atoms with Crippen molar-refractivity contribution < 1.29 is 9.59 Å². The normalized spacial score (nSPS) is 16.8. The lowest BCUT2D eigenvalue weighted by Crippen LogP contribution is -2.31. The number of rotatable bonds is 3. The molecular weight excluding hydrogens is 330 g/mol. The zero-order valence-electron chi connectivity index (χ0n) is 14.4. The number of H-pyrrole nitrogens is 1. The highest BCUT2D eigenvalue weighted by Crippen LogP contribution is 2.25. The van der Waals surface area contributed by atoms with Gasteiger partial charge in [0.25, 0.3) is 5.91 Å². The first kappa shape index (κ1) is 16.3. The number of carbonyl (C=O) groups is 2. The van der Waals surface area contributed by atoms with Gasteiger partial charge in [0, 0.05) is 30.9 Å². The number of anilines is 1. The fourth-order valence-electron chi connectivity index (χ4n) is 3.38. The van der Waals surface area contributed by atoms with Gasteiger partial charge < -0.3 is 10.2 Å². The van der Waals surface area contributed by atoms with Gasteiger partial charge in [0.05, 0.1) is 28.9 Å². The van der Waals surface area contributed by atoms with Gasteiger partial charge in [0.1, 0.15) is 0 Å². The maximum absolute atomic E-state index is 13.0. The first-order valence-corrected chi connectivity index (χ1v) is 8.57. The number of aromatic amines is 1. The monoisotopic (exact) mass is 349 g/mol. The second-order valence-corrected chi connectivity index (χ2v) is 6.54. The Morgan fingerprint density at radius 3 is 3.00 bits per heavy atom. The summed E-state index contributed by atoms with van der Waals surface area (Å²) in [6, 6.07) is 7.61. The Morgan fingerprint density at radius 2 is 2.19 bits per heavy atom. The predicted octanol–water partition coefficient (Wildman–Crippen LogP) is 2.37. The molecule has 4 rings (SSSR count). The quantitative estimate of drug-likeness (QED) is 0.759. The minimum atomic E-state index is -0.224. The minimum absolute atomic E-state index is 0.0766. The van der Waals surface area contributed by atoms with E-state index in [9.17, 15) is 9.59 Å². The van der Waals surface area contributed by atoms with E-state index in [0.717, 1.165) is 10.9 Å². The summed E-state index contributed by atoms with van der Waals surface area (Å²) in [6.45, 7) is 2.97. The van der Waals surface area contributed by atoms with E-state index < -0.39 is 0 Å². The number of aromatic nitrogens is 3. The molecule has 0 saturated carbocycles. The summed E-state index contributed by atoms with van der Waals surface area (Å²) >= 11 is 0. The molecule has 1 atom stereocenters. The van der Waals surface area contributed by atoms with Crippen molar-refractivity contribution in [2.45, 2.75) is 13.3 Å². The van der Waals surface area contributed by atoms with Crippen LogP contribution in [0.25, 0.3) is 10.9 Å². The third-order valence-electron chi connectivity index (χ3n) is 4.83. The third-order valence-corrected chi connectivity index (χ3v) is 4.83. The largest absolute Gasteiger partial charge is 0.338 e. The zero-order valence-corrected chi connectivity index (χ0v) is 14.4. The summed E-state index contributed by atoms with van der Waals surface area (Å²) in [6.07, 6.45) is 5.52. The molecule has 0 radical (unpaired) electrons. The number of carbonyl (C=O) groups excluding carboxylic acids is 2. The van der Waals surface area contributed by atoms with E-state index in [1.54, 1.807) is 23.5 Å². The predicted molar refractivity (Wildman–Crippen MR) is 97.7 cm³/mol. The Labute approximate surface area is 150 Å². The number of pyridine rings is 1. The number of amides is 2. The number of hydrogen-bond acceptors (Lipinski definition) is 4. The fourth-order valence-corrected chi connectivity index (χ4v) is 3.38. The van der Waals surface area contributed by atoms with E-state index in [-0.39, 0.29) is 17.7 Å². The van der Waals surface area contributed by atoms with Crippen LogP contribution in [-0.2, 0) is 4.79 Å². The minimum Gasteiger partial charge on any atom is -0.338 e. The Morgan fingerprint density at radius 1 is 1.31 bits per heavy atom. The summed E-state index contributed by atoms with van der Waals surface area (Å²) in [7, 11) is 0. The lowest BCUT2D eigenvalue weighted by Gasteiger charge is -2.17. The smallest absolute Gasteiger partial charge is 0.256 e. The van der Waals surface area contributed by atoms with Crippen molar-refractivity contribution in [2.75, 3.05) is 18.4 Å². The molecular formula is C19H19N5O2. The van der Waals surface area contributed by atoms with Gasteiger partial charge in [-0.2, -0.15) is 5.10 Å². The molecule has 3 heterocycles. The third kappa shape index (κ3) is 2.92. The number of nitrogens with one attached hydrogen (secondary N) is 2. The Kier molecular flexibility index (Phi) is 4.12. The molecule has 0 spiro atoms.